The zero-order valence-electron chi connectivity index (χ0n) is 11.3. The molecule has 2 aromatic rings. The smallest absolute Gasteiger partial charge is 0.243 e. The normalized spacial score (nSPS) is 21.6. The molecule has 1 amide bonds. The molecule has 2 atom stereocenters. The van der Waals surface area contributed by atoms with Crippen molar-refractivity contribution in [2.45, 2.75) is 31.3 Å². The van der Waals surface area contributed by atoms with Gasteiger partial charge in [0, 0.05) is 6.04 Å². The van der Waals surface area contributed by atoms with Crippen molar-refractivity contribution >= 4 is 45.3 Å². The Labute approximate surface area is 135 Å². The Bertz CT molecular complexity index is 712. The van der Waals surface area contributed by atoms with Crippen LogP contribution in [0.4, 0.5) is 5.82 Å². The van der Waals surface area contributed by atoms with E-state index in [1.807, 2.05) is 4.68 Å². The highest BCUT2D eigenvalue weighted by molar-refractivity contribution is 14.1. The molecular formula is C13H15IN6O. The highest BCUT2D eigenvalue weighted by Crippen LogP contribution is 2.33. The van der Waals surface area contributed by atoms with Gasteiger partial charge in [0.15, 0.2) is 5.65 Å². The molecule has 110 valence electrons. The maximum atomic E-state index is 11.4. The molecule has 7 nitrogen and oxygen atoms in total. The molecule has 1 saturated carbocycles. The van der Waals surface area contributed by atoms with E-state index < -0.39 is 0 Å². The predicted molar refractivity (Wildman–Crippen MR) is 87.5 cm³/mol. The number of carbonyl (C=O) groups is 1. The summed E-state index contributed by atoms with van der Waals surface area (Å²) in [7, 11) is 0. The van der Waals surface area contributed by atoms with Crippen LogP contribution in [0.1, 0.15) is 25.3 Å². The summed E-state index contributed by atoms with van der Waals surface area (Å²) in [5.74, 6) is 0.317. The Morgan fingerprint density at radius 2 is 2.33 bits per heavy atom. The third-order valence-corrected chi connectivity index (χ3v) is 4.51. The van der Waals surface area contributed by atoms with Crippen LogP contribution >= 0.6 is 22.6 Å². The molecule has 0 bridgehead atoms. The number of amides is 1. The fraction of sp³-hybridized carbons (Fsp3) is 0.385. The number of carbonyl (C=O) groups excluding carboxylic acids is 1. The number of hydrogen-bond acceptors (Lipinski definition) is 5. The molecule has 1 aliphatic rings. The van der Waals surface area contributed by atoms with E-state index >= 15 is 0 Å². The third-order valence-electron chi connectivity index (χ3n) is 3.76. The van der Waals surface area contributed by atoms with E-state index in [4.69, 9.17) is 5.73 Å². The van der Waals surface area contributed by atoms with Crippen LogP contribution in [0.15, 0.2) is 19.0 Å². The van der Waals surface area contributed by atoms with E-state index in [0.717, 1.165) is 34.0 Å². The van der Waals surface area contributed by atoms with Crippen molar-refractivity contribution in [3.8, 4) is 0 Å². The first-order valence-electron chi connectivity index (χ1n) is 6.67. The van der Waals surface area contributed by atoms with Crippen molar-refractivity contribution in [2.75, 3.05) is 5.73 Å². The Kier molecular flexibility index (Phi) is 3.79. The van der Waals surface area contributed by atoms with Gasteiger partial charge in [0.1, 0.15) is 15.8 Å². The predicted octanol–water partition coefficient (Wildman–Crippen LogP) is 1.41. The molecule has 0 unspecified atom stereocenters. The van der Waals surface area contributed by atoms with E-state index in [1.165, 1.54) is 12.4 Å². The van der Waals surface area contributed by atoms with Crippen LogP contribution in [0.25, 0.3) is 11.0 Å². The minimum Gasteiger partial charge on any atom is -0.383 e. The van der Waals surface area contributed by atoms with Gasteiger partial charge in [0.25, 0.3) is 0 Å². The first-order chi connectivity index (χ1) is 10.1. The fourth-order valence-corrected chi connectivity index (χ4v) is 3.53. The molecule has 0 saturated heterocycles. The van der Waals surface area contributed by atoms with E-state index in [1.54, 1.807) is 0 Å². The Morgan fingerprint density at radius 3 is 3.10 bits per heavy atom. The summed E-state index contributed by atoms with van der Waals surface area (Å²) in [6.45, 7) is 3.47. The third kappa shape index (κ3) is 2.59. The van der Waals surface area contributed by atoms with Crippen molar-refractivity contribution in [2.24, 2.45) is 0 Å². The Balaban J connectivity index is 1.87. The number of halogens is 1. The summed E-state index contributed by atoms with van der Waals surface area (Å²) < 4.78 is 2.72. The number of anilines is 1. The molecule has 2 aromatic heterocycles. The molecule has 0 aromatic carbocycles. The largest absolute Gasteiger partial charge is 0.383 e. The van der Waals surface area contributed by atoms with Crippen LogP contribution in [0.2, 0.25) is 0 Å². The number of nitrogens with two attached hydrogens (primary N) is 1. The van der Waals surface area contributed by atoms with Crippen LogP contribution in [-0.4, -0.2) is 31.7 Å². The number of nitrogens with zero attached hydrogens (tertiary/aromatic N) is 4. The van der Waals surface area contributed by atoms with Gasteiger partial charge in [0.05, 0.1) is 11.4 Å². The van der Waals surface area contributed by atoms with Crippen molar-refractivity contribution in [3.63, 3.8) is 0 Å². The molecular weight excluding hydrogens is 383 g/mol. The molecule has 8 heteroatoms. The van der Waals surface area contributed by atoms with Crippen molar-refractivity contribution in [3.05, 3.63) is 22.7 Å². The van der Waals surface area contributed by atoms with E-state index in [0.29, 0.717) is 5.82 Å². The molecule has 3 rings (SSSR count). The lowest BCUT2D eigenvalue weighted by Crippen LogP contribution is -2.31. The second kappa shape index (κ2) is 5.58. The molecule has 1 fully saturated rings. The standard InChI is InChI=1S/C13H15IN6O/c1-2-9(21)18-7-3-4-8(5-7)20-13-10(11(14)19-20)12(15)16-6-17-13/h2,6-8H,1,3-5H2,(H,18,21)(H2,15,16,17)/t7-,8-/m1/s1. The first kappa shape index (κ1) is 14.2. The number of hydrogen-bond donors (Lipinski definition) is 2. The lowest BCUT2D eigenvalue weighted by molar-refractivity contribution is -0.117. The zero-order valence-corrected chi connectivity index (χ0v) is 13.4. The molecule has 0 radical (unpaired) electrons. The van der Waals surface area contributed by atoms with Crippen LogP contribution in [0.5, 0.6) is 0 Å². The van der Waals surface area contributed by atoms with Crippen LogP contribution < -0.4 is 11.1 Å². The number of nitrogens with one attached hydrogen (secondary N) is 1. The second-order valence-electron chi connectivity index (χ2n) is 5.07. The van der Waals surface area contributed by atoms with Crippen LogP contribution in [0.3, 0.4) is 0 Å². The Hall–Kier alpha value is -1.71. The molecule has 3 N–H and O–H groups in total. The van der Waals surface area contributed by atoms with Crippen molar-refractivity contribution in [1.82, 2.24) is 25.1 Å². The van der Waals surface area contributed by atoms with Gasteiger partial charge in [-0.3, -0.25) is 4.79 Å². The molecule has 0 aliphatic heterocycles. The topological polar surface area (TPSA) is 98.7 Å². The van der Waals surface area contributed by atoms with Gasteiger partial charge in [-0.05, 0) is 47.9 Å². The average molecular weight is 398 g/mol. The summed E-state index contributed by atoms with van der Waals surface area (Å²) in [5.41, 5.74) is 6.66. The van der Waals surface area contributed by atoms with Gasteiger partial charge in [-0.25, -0.2) is 14.6 Å². The molecule has 2 heterocycles. The fourth-order valence-electron chi connectivity index (χ4n) is 2.78. The molecule has 0 spiro atoms. The SMILES string of the molecule is C=CC(=O)N[C@@H]1CC[C@@H](n2nc(I)c3c(N)ncnc32)C1. The minimum atomic E-state index is -0.132. The van der Waals surface area contributed by atoms with Crippen molar-refractivity contribution in [1.29, 1.82) is 0 Å². The van der Waals surface area contributed by atoms with Gasteiger partial charge in [0.2, 0.25) is 5.91 Å². The summed E-state index contributed by atoms with van der Waals surface area (Å²) >= 11 is 2.15. The number of aromatic nitrogens is 4. The summed E-state index contributed by atoms with van der Waals surface area (Å²) in [5, 5.41) is 8.29. The maximum absolute atomic E-state index is 11.4. The van der Waals surface area contributed by atoms with E-state index in [9.17, 15) is 4.79 Å². The lowest BCUT2D eigenvalue weighted by Gasteiger charge is -2.13. The van der Waals surface area contributed by atoms with Gasteiger partial charge in [-0.15, -0.1) is 0 Å². The quantitative estimate of drug-likeness (QED) is 0.602. The number of fused-ring (bicyclic) bond motifs is 1. The van der Waals surface area contributed by atoms with E-state index in [-0.39, 0.29) is 18.0 Å². The maximum Gasteiger partial charge on any atom is 0.243 e. The summed E-state index contributed by atoms with van der Waals surface area (Å²) in [4.78, 5) is 19.7. The van der Waals surface area contributed by atoms with Crippen LogP contribution in [0, 0.1) is 3.70 Å². The van der Waals surface area contributed by atoms with Crippen LogP contribution in [-0.2, 0) is 4.79 Å². The highest BCUT2D eigenvalue weighted by Gasteiger charge is 2.29. The highest BCUT2D eigenvalue weighted by atomic mass is 127. The summed E-state index contributed by atoms with van der Waals surface area (Å²) in [6, 6.07) is 0.358. The Morgan fingerprint density at radius 1 is 1.52 bits per heavy atom. The second-order valence-corrected chi connectivity index (χ2v) is 6.09. The van der Waals surface area contributed by atoms with Gasteiger partial charge >= 0.3 is 0 Å². The van der Waals surface area contributed by atoms with Gasteiger partial charge in [-0.1, -0.05) is 6.58 Å². The number of nitrogen functional groups attached to an aromatic ring is 1. The average Bonchev–Trinajstić information content (AvgIpc) is 3.04. The monoisotopic (exact) mass is 398 g/mol. The minimum absolute atomic E-state index is 0.132. The van der Waals surface area contributed by atoms with E-state index in [2.05, 4.69) is 49.6 Å². The zero-order chi connectivity index (χ0) is 15.0. The first-order valence-corrected chi connectivity index (χ1v) is 7.75. The molecule has 21 heavy (non-hydrogen) atoms. The number of rotatable bonds is 3. The van der Waals surface area contributed by atoms with Gasteiger partial charge in [-0.2, -0.15) is 5.10 Å². The van der Waals surface area contributed by atoms with Gasteiger partial charge < -0.3 is 11.1 Å². The lowest BCUT2D eigenvalue weighted by atomic mass is 10.2. The molecule has 1 aliphatic carbocycles. The summed E-state index contributed by atoms with van der Waals surface area (Å²) in [6.07, 6.45) is 5.45. The van der Waals surface area contributed by atoms with Crippen molar-refractivity contribution < 1.29 is 4.79 Å².